The molecule has 6 heterocycles. The number of halogens is 2. The van der Waals surface area contributed by atoms with E-state index >= 15 is 0 Å². The first-order valence-corrected chi connectivity index (χ1v) is 31.2. The quantitative estimate of drug-likeness (QED) is 0.138. The van der Waals surface area contributed by atoms with Crippen LogP contribution in [0.5, 0.6) is 0 Å². The second-order valence-corrected chi connectivity index (χ2v) is 24.3. The van der Waals surface area contributed by atoms with Gasteiger partial charge in [0, 0.05) is 80.0 Å². The molecule has 15 heteroatoms. The zero-order valence-electron chi connectivity index (χ0n) is 51.3. The average molecular weight is 1260 g/mol. The molecule has 0 amide bonds. The number of fused-ring (bicyclic) bond motifs is 9. The lowest BCUT2D eigenvalue weighted by atomic mass is 9.78. The van der Waals surface area contributed by atoms with Gasteiger partial charge in [0.15, 0.2) is 23.3 Å². The number of hydrogen-bond donors (Lipinski definition) is 0. The van der Waals surface area contributed by atoms with Crippen LogP contribution < -0.4 is 5.46 Å². The predicted molar refractivity (Wildman–Crippen MR) is 389 cm³/mol. The average Bonchev–Trinajstić information content (AvgIpc) is 1.59. The van der Waals surface area contributed by atoms with Gasteiger partial charge in [0.05, 0.1) is 44.3 Å². The lowest BCUT2D eigenvalue weighted by Crippen LogP contribution is -2.41. The molecule has 0 saturated carbocycles. The van der Waals surface area contributed by atoms with Gasteiger partial charge < -0.3 is 23.0 Å². The molecular formula is C79H62B2Cl2N9O2. The minimum Gasteiger partial charge on any atom is -0.399 e. The summed E-state index contributed by atoms with van der Waals surface area (Å²) in [4.78, 5) is 26.9. The van der Waals surface area contributed by atoms with Crippen molar-refractivity contribution in [2.24, 2.45) is 0 Å². The van der Waals surface area contributed by atoms with Gasteiger partial charge in [-0.05, 0) is 153 Å². The summed E-state index contributed by atoms with van der Waals surface area (Å²) in [5.74, 6) is 2.40. The third-order valence-electron chi connectivity index (χ3n) is 17.4. The van der Waals surface area contributed by atoms with E-state index in [0.717, 1.165) is 77.6 Å². The van der Waals surface area contributed by atoms with Gasteiger partial charge in [-0.15, -0.1) is 0 Å². The van der Waals surface area contributed by atoms with Gasteiger partial charge in [-0.1, -0.05) is 189 Å². The van der Waals surface area contributed by atoms with Crippen LogP contribution >= 0.6 is 23.2 Å². The van der Waals surface area contributed by atoms with E-state index in [0.29, 0.717) is 23.3 Å². The van der Waals surface area contributed by atoms with Crippen molar-refractivity contribution in [1.82, 2.24) is 43.6 Å². The Morgan fingerprint density at radius 1 is 0.298 bits per heavy atom. The van der Waals surface area contributed by atoms with Crippen molar-refractivity contribution < 1.29 is 9.31 Å². The third-order valence-corrected chi connectivity index (χ3v) is 17.7. The molecule has 17 rings (SSSR count). The van der Waals surface area contributed by atoms with E-state index in [1.165, 1.54) is 32.6 Å². The van der Waals surface area contributed by atoms with Crippen LogP contribution in [-0.4, -0.2) is 70.3 Å². The van der Waals surface area contributed by atoms with Crippen LogP contribution in [0.25, 0.3) is 128 Å². The zero-order valence-corrected chi connectivity index (χ0v) is 52.8. The Morgan fingerprint density at radius 3 is 0.957 bits per heavy atom. The highest BCUT2D eigenvalue weighted by atomic mass is 35.5. The molecule has 11 nitrogen and oxygen atoms in total. The van der Waals surface area contributed by atoms with Crippen LogP contribution in [0.4, 0.5) is 0 Å². The van der Waals surface area contributed by atoms with Gasteiger partial charge in [0.25, 0.3) is 0 Å². The molecule has 1 saturated heterocycles. The highest BCUT2D eigenvalue weighted by molar-refractivity contribution is 6.62. The summed E-state index contributed by atoms with van der Waals surface area (Å²) < 4.78 is 19.5. The third kappa shape index (κ3) is 11.7. The van der Waals surface area contributed by atoms with Gasteiger partial charge >= 0.3 is 7.12 Å². The number of rotatable bonds is 8. The Kier molecular flexibility index (Phi) is 17.1. The number of para-hydroxylation sites is 6. The molecule has 0 unspecified atom stereocenters. The first-order valence-electron chi connectivity index (χ1n) is 30.5. The molecule has 0 atom stereocenters. The van der Waals surface area contributed by atoms with Crippen molar-refractivity contribution in [3.63, 3.8) is 0 Å². The van der Waals surface area contributed by atoms with E-state index in [1.54, 1.807) is 0 Å². The van der Waals surface area contributed by atoms with Crippen molar-refractivity contribution in [1.29, 1.82) is 0 Å². The number of nitrogens with zero attached hydrogens (tertiary/aromatic N) is 9. The van der Waals surface area contributed by atoms with Gasteiger partial charge in [-0.25, -0.2) is 15.0 Å². The fourth-order valence-corrected chi connectivity index (χ4v) is 12.7. The maximum Gasteiger partial charge on any atom is 0.494 e. The molecule has 1 fully saturated rings. The Balaban J connectivity index is 0.000000152. The number of aromatic nitrogens is 9. The van der Waals surface area contributed by atoms with E-state index in [1.807, 2.05) is 54.6 Å². The van der Waals surface area contributed by atoms with Crippen molar-refractivity contribution in [3.05, 3.63) is 290 Å². The first-order chi connectivity index (χ1) is 44.9. The fraction of sp³-hybridized carbons (Fsp3) is 0.0886. The lowest BCUT2D eigenvalue weighted by Gasteiger charge is -2.32. The van der Waals surface area contributed by atoms with Crippen LogP contribution in [-0.2, 0) is 9.31 Å². The van der Waals surface area contributed by atoms with Crippen LogP contribution in [0.3, 0.4) is 0 Å². The Labute approximate surface area is 557 Å². The summed E-state index contributed by atoms with van der Waals surface area (Å²) in [6.07, 6.45) is 0. The molecule has 16 aromatic rings. The Bertz CT molecular complexity index is 5190. The van der Waals surface area contributed by atoms with E-state index in [-0.39, 0.29) is 44.7 Å². The standard InChI is InChI=1S/C45H29N5.C24H24BNO2.C9H5Cl2N3.CH4.B/c1-4-14-30(15-5-1)43-46-44(31-24-26-41-37(28-31)35-20-10-12-22-39(35)49(41)33-16-6-2-7-17-33)48-45(47-43)32-25-27-42-38(29-32)36-21-11-13-23-40(36)50(42)34-18-8-3-9-19-34;1-23(2)24(3,4)28-25(27-23)17-14-15-22-20(16-17)19-12-8-9-13-21(19)26(22)18-10-6-5-7-11-18;10-8-12-7(13-9(11)14-8)6-4-2-1-3-5-6;;/h1-29H;5-16H,1-4H3;1-5H;1H4;. The summed E-state index contributed by atoms with van der Waals surface area (Å²) in [5.41, 5.74) is 14.5. The van der Waals surface area contributed by atoms with Gasteiger partial charge in [0.2, 0.25) is 10.6 Å². The predicted octanol–water partition coefficient (Wildman–Crippen LogP) is 19.3. The summed E-state index contributed by atoms with van der Waals surface area (Å²) in [6, 6.07) is 96.5. The Morgan fingerprint density at radius 2 is 0.585 bits per heavy atom. The SMILES string of the molecule is C.CC1(C)OB(c2ccc3c(c2)c2ccccc2n3-c2ccccc2)OC1(C)C.Clc1nc(Cl)nc(-c2ccccc2)n1.[B].c1ccc(-c2nc(-c3ccc4c(c3)c3ccccc3n4-c3ccccc3)nc(-c3ccc4c(c3)c3ccccc3n4-c3ccccc3)n2)cc1. The van der Waals surface area contributed by atoms with Crippen LogP contribution in [0.2, 0.25) is 10.6 Å². The molecule has 0 bridgehead atoms. The molecule has 1 aliphatic heterocycles. The normalized spacial score (nSPS) is 13.1. The minimum absolute atomic E-state index is 0. The smallest absolute Gasteiger partial charge is 0.399 e. The number of benzene rings is 11. The molecule has 11 aromatic carbocycles. The Hall–Kier alpha value is -10.5. The maximum atomic E-state index is 6.27. The van der Waals surface area contributed by atoms with Crippen molar-refractivity contribution in [2.75, 3.05) is 0 Å². The zero-order chi connectivity index (χ0) is 62.5. The molecule has 0 N–H and O–H groups in total. The van der Waals surface area contributed by atoms with Gasteiger partial charge in [-0.3, -0.25) is 0 Å². The second-order valence-electron chi connectivity index (χ2n) is 23.6. The molecule has 1 aliphatic rings. The van der Waals surface area contributed by atoms with Crippen LogP contribution in [0.15, 0.2) is 279 Å². The molecule has 0 spiro atoms. The van der Waals surface area contributed by atoms with Crippen molar-refractivity contribution >= 4 is 110 Å². The molecule has 5 aromatic heterocycles. The summed E-state index contributed by atoms with van der Waals surface area (Å²) in [7, 11) is -0.353. The summed E-state index contributed by atoms with van der Waals surface area (Å²) in [5, 5.41) is 7.33. The van der Waals surface area contributed by atoms with E-state index < -0.39 is 0 Å². The highest BCUT2D eigenvalue weighted by Gasteiger charge is 2.51. The monoisotopic (exact) mass is 1260 g/mol. The van der Waals surface area contributed by atoms with E-state index in [4.69, 9.17) is 47.5 Å². The molecular weight excluding hydrogens is 1200 g/mol. The topological polar surface area (TPSA) is 111 Å². The van der Waals surface area contributed by atoms with Gasteiger partial charge in [0.1, 0.15) is 0 Å². The van der Waals surface area contributed by atoms with Crippen molar-refractivity contribution in [2.45, 2.75) is 46.3 Å². The lowest BCUT2D eigenvalue weighted by molar-refractivity contribution is 0.00578. The summed E-state index contributed by atoms with van der Waals surface area (Å²) >= 11 is 11.3. The van der Waals surface area contributed by atoms with E-state index in [2.05, 4.69) is 281 Å². The maximum absolute atomic E-state index is 6.27. The minimum atomic E-state index is -0.353. The van der Waals surface area contributed by atoms with Crippen LogP contribution in [0.1, 0.15) is 35.1 Å². The highest BCUT2D eigenvalue weighted by Crippen LogP contribution is 2.40. The molecule has 94 heavy (non-hydrogen) atoms. The fourth-order valence-electron chi connectivity index (χ4n) is 12.3. The number of hydrogen-bond acceptors (Lipinski definition) is 8. The van der Waals surface area contributed by atoms with Crippen LogP contribution in [0, 0.1) is 0 Å². The summed E-state index contributed by atoms with van der Waals surface area (Å²) in [6.45, 7) is 8.36. The largest absolute Gasteiger partial charge is 0.494 e. The molecule has 0 aliphatic carbocycles. The molecule has 3 radical (unpaired) electrons. The van der Waals surface area contributed by atoms with E-state index in [9.17, 15) is 0 Å². The van der Waals surface area contributed by atoms with Gasteiger partial charge in [-0.2, -0.15) is 15.0 Å². The second kappa shape index (κ2) is 25.9. The molecule has 455 valence electrons. The van der Waals surface area contributed by atoms with Crippen molar-refractivity contribution in [3.8, 4) is 62.6 Å². The first kappa shape index (κ1) is 62.3.